The van der Waals surface area contributed by atoms with Crippen molar-refractivity contribution in [2.45, 2.75) is 32.8 Å². The Morgan fingerprint density at radius 1 is 0.574 bits per heavy atom. The first-order valence-electron chi connectivity index (χ1n) is 15.9. The number of benzene rings is 6. The SMILES string of the molecule is CCCc1ccc(-c2cc(F)c(C#Cc3cc(F)c(-c4cc(F)c5c(F)c(C(F)(F)Oc6cc(F)c(F)c(F)c6)c(F)cc5c4)cc3C)c(F)c2)c(F)c1. The third-order valence-electron chi connectivity index (χ3n) is 8.45. The van der Waals surface area contributed by atoms with E-state index in [2.05, 4.69) is 16.6 Å². The summed E-state index contributed by atoms with van der Waals surface area (Å²) in [6.45, 7) is 3.35. The van der Waals surface area contributed by atoms with Crippen LogP contribution in [0.2, 0.25) is 0 Å². The second-order valence-corrected chi connectivity index (χ2v) is 12.2. The van der Waals surface area contributed by atoms with Gasteiger partial charge < -0.3 is 4.74 Å². The predicted octanol–water partition coefficient (Wildman–Crippen LogP) is 12.4. The van der Waals surface area contributed by atoms with Gasteiger partial charge in [-0.15, -0.1) is 0 Å². The van der Waals surface area contributed by atoms with Crippen molar-refractivity contribution in [2.75, 3.05) is 0 Å². The summed E-state index contributed by atoms with van der Waals surface area (Å²) in [6, 6.07) is 9.98. The standard InChI is InChI=1S/C41H22F12O/c1-3-4-20-5-7-26(29(42)10-20)23-13-30(43)27(31(44)14-23)8-6-21-12-32(45)28(9-19(21)2)22-11-24-16-34(47)38(40(51)37(24)33(46)15-22)41(52,53)54-25-17-35(48)39(50)36(49)18-25/h5,7,9-18H,3-4H2,1-2H3. The zero-order valence-electron chi connectivity index (χ0n) is 27.8. The van der Waals surface area contributed by atoms with Crippen molar-refractivity contribution in [3.63, 3.8) is 0 Å². The molecule has 54 heavy (non-hydrogen) atoms. The number of ether oxygens (including phenoxy) is 1. The average Bonchev–Trinajstić information content (AvgIpc) is 3.07. The molecule has 0 aromatic heterocycles. The van der Waals surface area contributed by atoms with Crippen LogP contribution >= 0.6 is 0 Å². The Morgan fingerprint density at radius 3 is 1.81 bits per heavy atom. The lowest BCUT2D eigenvalue weighted by atomic mass is 9.95. The number of alkyl halides is 2. The summed E-state index contributed by atoms with van der Waals surface area (Å²) in [7, 11) is 0. The molecule has 0 aliphatic carbocycles. The molecule has 6 rings (SSSR count). The van der Waals surface area contributed by atoms with Crippen molar-refractivity contribution in [3.8, 4) is 39.8 Å². The van der Waals surface area contributed by atoms with Crippen molar-refractivity contribution >= 4 is 10.8 Å². The van der Waals surface area contributed by atoms with Crippen LogP contribution in [0.5, 0.6) is 5.75 Å². The summed E-state index contributed by atoms with van der Waals surface area (Å²) >= 11 is 0. The molecule has 0 heterocycles. The lowest BCUT2D eigenvalue weighted by Crippen LogP contribution is -2.25. The zero-order chi connectivity index (χ0) is 39.2. The fraction of sp³-hybridized carbons (Fsp3) is 0.122. The van der Waals surface area contributed by atoms with Gasteiger partial charge in [0.25, 0.3) is 0 Å². The topological polar surface area (TPSA) is 9.23 Å². The van der Waals surface area contributed by atoms with Crippen LogP contribution in [0.15, 0.2) is 72.8 Å². The first kappa shape index (κ1) is 37.8. The molecule has 0 aliphatic rings. The van der Waals surface area contributed by atoms with Gasteiger partial charge in [-0.25, -0.2) is 43.9 Å². The minimum Gasteiger partial charge on any atom is -0.429 e. The average molecular weight is 759 g/mol. The lowest BCUT2D eigenvalue weighted by Gasteiger charge is -2.21. The highest BCUT2D eigenvalue weighted by atomic mass is 19.3. The van der Waals surface area contributed by atoms with Crippen LogP contribution in [0, 0.1) is 76.9 Å². The largest absolute Gasteiger partial charge is 0.432 e. The summed E-state index contributed by atoms with van der Waals surface area (Å²) in [5.41, 5.74) is -2.65. The van der Waals surface area contributed by atoms with Crippen molar-refractivity contribution in [1.82, 2.24) is 0 Å². The maximum Gasteiger partial charge on any atom is 0.432 e. The summed E-state index contributed by atoms with van der Waals surface area (Å²) in [6.07, 6.45) is -3.60. The minimum atomic E-state index is -4.99. The quantitative estimate of drug-likeness (QED) is 0.0895. The predicted molar refractivity (Wildman–Crippen MR) is 177 cm³/mol. The second kappa shape index (κ2) is 14.5. The Labute approximate surface area is 299 Å². The van der Waals surface area contributed by atoms with Crippen molar-refractivity contribution in [2.24, 2.45) is 0 Å². The molecule has 276 valence electrons. The van der Waals surface area contributed by atoms with Crippen LogP contribution in [0.4, 0.5) is 52.7 Å². The molecule has 0 aliphatic heterocycles. The second-order valence-electron chi connectivity index (χ2n) is 12.2. The van der Waals surface area contributed by atoms with E-state index >= 15 is 26.3 Å². The summed E-state index contributed by atoms with van der Waals surface area (Å²) in [4.78, 5) is 0. The summed E-state index contributed by atoms with van der Waals surface area (Å²) in [5.74, 6) is -12.1. The molecule has 0 radical (unpaired) electrons. The molecule has 0 saturated heterocycles. The number of aryl methyl sites for hydroxylation is 2. The van der Waals surface area contributed by atoms with Gasteiger partial charge in [0.15, 0.2) is 17.5 Å². The molecule has 0 spiro atoms. The van der Waals surface area contributed by atoms with Crippen molar-refractivity contribution < 1.29 is 57.4 Å². The highest BCUT2D eigenvalue weighted by Gasteiger charge is 2.42. The fourth-order valence-electron chi connectivity index (χ4n) is 5.88. The van der Waals surface area contributed by atoms with Gasteiger partial charge in [-0.05, 0) is 89.5 Å². The molecule has 1 nitrogen and oxygen atoms in total. The maximum atomic E-state index is 15.4. The Kier molecular flexibility index (Phi) is 10.2. The summed E-state index contributed by atoms with van der Waals surface area (Å²) < 4.78 is 180. The first-order chi connectivity index (χ1) is 25.5. The highest BCUT2D eigenvalue weighted by molar-refractivity contribution is 5.89. The van der Waals surface area contributed by atoms with E-state index in [1.54, 1.807) is 6.07 Å². The van der Waals surface area contributed by atoms with E-state index in [1.807, 2.05) is 6.92 Å². The monoisotopic (exact) mass is 758 g/mol. The molecule has 13 heteroatoms. The van der Waals surface area contributed by atoms with E-state index in [9.17, 15) is 26.3 Å². The maximum absolute atomic E-state index is 15.4. The van der Waals surface area contributed by atoms with Gasteiger partial charge >= 0.3 is 6.11 Å². The van der Waals surface area contributed by atoms with Crippen LogP contribution in [-0.4, -0.2) is 0 Å². The lowest BCUT2D eigenvalue weighted by molar-refractivity contribution is -0.189. The van der Waals surface area contributed by atoms with Crippen molar-refractivity contribution in [1.29, 1.82) is 0 Å². The molecule has 0 saturated carbocycles. The summed E-state index contributed by atoms with van der Waals surface area (Å²) in [5, 5.41) is -1.80. The third kappa shape index (κ3) is 7.20. The van der Waals surface area contributed by atoms with Crippen LogP contribution in [0.1, 0.15) is 41.2 Å². The molecule has 0 bridgehead atoms. The van der Waals surface area contributed by atoms with Gasteiger partial charge in [0.05, 0.1) is 10.9 Å². The first-order valence-corrected chi connectivity index (χ1v) is 15.9. The minimum absolute atomic E-state index is 0.00860. The molecule has 0 fully saturated rings. The van der Waals surface area contributed by atoms with Gasteiger partial charge in [0.2, 0.25) is 0 Å². The highest BCUT2D eigenvalue weighted by Crippen LogP contribution is 2.40. The van der Waals surface area contributed by atoms with E-state index in [0.29, 0.717) is 18.6 Å². The Morgan fingerprint density at radius 2 is 1.19 bits per heavy atom. The van der Waals surface area contributed by atoms with Crippen LogP contribution in [0.25, 0.3) is 33.0 Å². The van der Waals surface area contributed by atoms with Gasteiger partial charge in [0, 0.05) is 28.8 Å². The Bertz CT molecular complexity index is 2500. The number of rotatable bonds is 7. The third-order valence-corrected chi connectivity index (χ3v) is 8.45. The Hall–Kier alpha value is -5.90. The van der Waals surface area contributed by atoms with Gasteiger partial charge in [0.1, 0.15) is 52.0 Å². The molecular weight excluding hydrogens is 736 g/mol. The molecular formula is C41H22F12O. The van der Waals surface area contributed by atoms with Gasteiger partial charge in [-0.3, -0.25) is 0 Å². The fourth-order valence-corrected chi connectivity index (χ4v) is 5.88. The molecule has 0 amide bonds. The van der Waals surface area contributed by atoms with E-state index < -0.39 is 91.9 Å². The number of hydrogen-bond donors (Lipinski definition) is 0. The van der Waals surface area contributed by atoms with Gasteiger partial charge in [-0.2, -0.15) is 8.78 Å². The smallest absolute Gasteiger partial charge is 0.429 e. The van der Waals surface area contributed by atoms with E-state index in [4.69, 9.17) is 0 Å². The van der Waals surface area contributed by atoms with E-state index in [-0.39, 0.29) is 45.5 Å². The van der Waals surface area contributed by atoms with E-state index in [1.165, 1.54) is 19.1 Å². The molecule has 0 atom stereocenters. The Balaban J connectivity index is 1.31. The normalized spacial score (nSPS) is 11.5. The van der Waals surface area contributed by atoms with Crippen molar-refractivity contribution in [3.05, 3.63) is 159 Å². The van der Waals surface area contributed by atoms with Crippen LogP contribution in [0.3, 0.4) is 0 Å². The molecule has 6 aromatic rings. The number of hydrogen-bond acceptors (Lipinski definition) is 1. The molecule has 0 unspecified atom stereocenters. The number of fused-ring (bicyclic) bond motifs is 1. The number of halogens is 12. The van der Waals surface area contributed by atoms with Gasteiger partial charge in [-0.1, -0.05) is 37.3 Å². The van der Waals surface area contributed by atoms with Crippen LogP contribution < -0.4 is 4.74 Å². The van der Waals surface area contributed by atoms with Crippen LogP contribution in [-0.2, 0) is 12.5 Å². The molecule has 0 N–H and O–H groups in total. The van der Waals surface area contributed by atoms with E-state index in [0.717, 1.165) is 42.3 Å². The molecule has 6 aromatic carbocycles. The zero-order valence-corrected chi connectivity index (χ0v) is 27.8.